The fourth-order valence-corrected chi connectivity index (χ4v) is 4.85. The molecule has 49 heavy (non-hydrogen) atoms. The third kappa shape index (κ3) is 17.6. The van der Waals surface area contributed by atoms with Gasteiger partial charge in [-0.1, -0.05) is 20.8 Å². The Morgan fingerprint density at radius 2 is 1.47 bits per heavy atom. The van der Waals surface area contributed by atoms with E-state index >= 15 is 0 Å². The molecule has 0 aliphatic carbocycles. The number of amides is 4. The number of rotatable bonds is 25. The summed E-state index contributed by atoms with van der Waals surface area (Å²) in [6.07, 6.45) is 6.20. The van der Waals surface area contributed by atoms with Crippen molar-refractivity contribution in [2.45, 2.75) is 116 Å². The monoisotopic (exact) mass is 693 g/mol. The van der Waals surface area contributed by atoms with Crippen LogP contribution in [-0.4, -0.2) is 102 Å². The number of aromatic nitrogens is 2. The number of guanidine groups is 1. The fraction of sp³-hybridized carbons (Fsp3) is 0.719. The first kappa shape index (κ1) is 42.8. The number of H-pyrrole nitrogens is 1. The largest absolute Gasteiger partial charge is 0.464 e. The molecule has 0 radical (unpaired) electrons. The number of ether oxygens (including phenoxy) is 1. The van der Waals surface area contributed by atoms with Gasteiger partial charge >= 0.3 is 5.97 Å². The molecule has 0 saturated carbocycles. The van der Waals surface area contributed by atoms with E-state index in [1.807, 2.05) is 20.8 Å². The first-order chi connectivity index (χ1) is 23.3. The van der Waals surface area contributed by atoms with Crippen molar-refractivity contribution in [1.82, 2.24) is 36.6 Å². The van der Waals surface area contributed by atoms with Gasteiger partial charge in [-0.05, 0) is 77.8 Å². The van der Waals surface area contributed by atoms with Crippen LogP contribution in [0.1, 0.15) is 85.3 Å². The molecular formula is C32H59N11O6. The van der Waals surface area contributed by atoms with E-state index in [9.17, 15) is 24.0 Å². The molecule has 1 aromatic rings. The topological polar surface area (TPSA) is 274 Å². The molecule has 0 aliphatic rings. The van der Waals surface area contributed by atoms with Crippen molar-refractivity contribution in [3.63, 3.8) is 0 Å². The van der Waals surface area contributed by atoms with E-state index in [4.69, 9.17) is 21.9 Å². The summed E-state index contributed by atoms with van der Waals surface area (Å²) in [5.41, 5.74) is 17.0. The molecule has 17 heteroatoms. The number of nitrogens with one attached hydrogen (secondary N) is 6. The maximum Gasteiger partial charge on any atom is 0.328 e. The van der Waals surface area contributed by atoms with Gasteiger partial charge in [0.25, 0.3) is 0 Å². The molecule has 5 atom stereocenters. The molecule has 0 spiro atoms. The Morgan fingerprint density at radius 3 is 2.06 bits per heavy atom. The van der Waals surface area contributed by atoms with Crippen LogP contribution in [-0.2, 0) is 35.1 Å². The molecule has 278 valence electrons. The summed E-state index contributed by atoms with van der Waals surface area (Å²) in [6.45, 7) is 10.6. The number of carbonyl (C=O) groups excluding carboxylic acids is 5. The van der Waals surface area contributed by atoms with Crippen LogP contribution in [0.2, 0.25) is 0 Å². The van der Waals surface area contributed by atoms with Gasteiger partial charge < -0.3 is 53.5 Å². The van der Waals surface area contributed by atoms with Crippen molar-refractivity contribution in [3.05, 3.63) is 18.2 Å². The molecule has 1 heterocycles. The quantitative estimate of drug-likeness (QED) is 0.0261. The van der Waals surface area contributed by atoms with E-state index < -0.39 is 53.9 Å². The van der Waals surface area contributed by atoms with Crippen LogP contribution < -0.4 is 43.8 Å². The Balaban J connectivity index is 3.22. The molecule has 0 unspecified atom stereocenters. The van der Waals surface area contributed by atoms with E-state index in [-0.39, 0.29) is 50.2 Å². The Kier molecular flexibility index (Phi) is 20.9. The van der Waals surface area contributed by atoms with Crippen LogP contribution in [0.5, 0.6) is 0 Å². The first-order valence-electron chi connectivity index (χ1n) is 17.2. The van der Waals surface area contributed by atoms with Gasteiger partial charge in [-0.2, -0.15) is 0 Å². The van der Waals surface area contributed by atoms with E-state index in [1.165, 1.54) is 12.5 Å². The normalized spacial score (nSPS) is 14.1. The van der Waals surface area contributed by atoms with Crippen LogP contribution in [0.4, 0.5) is 0 Å². The van der Waals surface area contributed by atoms with E-state index in [2.05, 4.69) is 41.5 Å². The molecule has 1 rings (SSSR count). The lowest BCUT2D eigenvalue weighted by atomic mass is 10.0. The molecule has 0 bridgehead atoms. The average molecular weight is 694 g/mol. The standard InChI is InChI=1S/C32H59N11O6/c1-6-14-37-21(5)27(44)40-23(11-8-9-13-33)28(45)42-25(16-20(3)4)29(46)43-26(17-22-18-36-19-39-22)30(47)41-24(31(48)49-7-2)12-10-15-38-32(34)35/h18-21,23-26,37H,6-17,33H2,1-5H3,(H,36,39)(H,40,44)(H,41,47)(H,42,45)(H,43,46)(H4,34,35,38)/t21-,23-,24-,25-,26-/m0/s1. The van der Waals surface area contributed by atoms with Crippen molar-refractivity contribution < 1.29 is 28.7 Å². The fourth-order valence-electron chi connectivity index (χ4n) is 4.85. The van der Waals surface area contributed by atoms with Gasteiger partial charge in [-0.3, -0.25) is 24.2 Å². The zero-order valence-corrected chi connectivity index (χ0v) is 29.7. The van der Waals surface area contributed by atoms with Crippen LogP contribution in [0.15, 0.2) is 17.5 Å². The second-order valence-electron chi connectivity index (χ2n) is 12.3. The van der Waals surface area contributed by atoms with Crippen LogP contribution in [0, 0.1) is 5.92 Å². The number of aromatic amines is 1. The lowest BCUT2D eigenvalue weighted by molar-refractivity contribution is -0.148. The zero-order chi connectivity index (χ0) is 36.8. The summed E-state index contributed by atoms with van der Waals surface area (Å²) in [5, 5.41) is 14.2. The van der Waals surface area contributed by atoms with Crippen molar-refractivity contribution in [2.75, 3.05) is 26.2 Å². The van der Waals surface area contributed by atoms with Crippen molar-refractivity contribution in [3.8, 4) is 0 Å². The first-order valence-corrected chi connectivity index (χ1v) is 17.2. The minimum atomic E-state index is -1.15. The van der Waals surface area contributed by atoms with Crippen LogP contribution in [0.25, 0.3) is 0 Å². The van der Waals surface area contributed by atoms with Gasteiger partial charge in [0, 0.05) is 24.9 Å². The van der Waals surface area contributed by atoms with Gasteiger partial charge in [0.1, 0.15) is 24.2 Å². The highest BCUT2D eigenvalue weighted by atomic mass is 16.5. The van der Waals surface area contributed by atoms with Crippen molar-refractivity contribution in [2.24, 2.45) is 28.1 Å². The Hall–Kier alpha value is -4.25. The summed E-state index contributed by atoms with van der Waals surface area (Å²) in [4.78, 5) is 77.5. The lowest BCUT2D eigenvalue weighted by Crippen LogP contribution is -2.59. The smallest absolute Gasteiger partial charge is 0.328 e. The Labute approximate surface area is 289 Å². The van der Waals surface area contributed by atoms with Crippen LogP contribution >= 0.6 is 0 Å². The van der Waals surface area contributed by atoms with Crippen molar-refractivity contribution in [1.29, 1.82) is 0 Å². The minimum Gasteiger partial charge on any atom is -0.464 e. The highest BCUT2D eigenvalue weighted by Gasteiger charge is 2.32. The SMILES string of the molecule is CCCN[C@@H](C)C(=O)N[C@@H](CCCCN)C(=O)N[C@@H](CC(C)C)C(=O)N[C@@H](Cc1cnc[nH]1)C(=O)N[C@@H](CCCN=C(N)N)C(=O)OCC. The average Bonchev–Trinajstić information content (AvgIpc) is 3.56. The summed E-state index contributed by atoms with van der Waals surface area (Å²) >= 11 is 0. The van der Waals surface area contributed by atoms with E-state index in [1.54, 1.807) is 13.8 Å². The van der Waals surface area contributed by atoms with Crippen LogP contribution in [0.3, 0.4) is 0 Å². The number of nitrogens with two attached hydrogens (primary N) is 3. The van der Waals surface area contributed by atoms with Gasteiger partial charge in [-0.25, -0.2) is 9.78 Å². The molecule has 1 aromatic heterocycles. The summed E-state index contributed by atoms with van der Waals surface area (Å²) in [7, 11) is 0. The highest BCUT2D eigenvalue weighted by Crippen LogP contribution is 2.10. The van der Waals surface area contributed by atoms with Gasteiger partial charge in [-0.15, -0.1) is 0 Å². The number of nitrogens with zero attached hydrogens (tertiary/aromatic N) is 2. The maximum absolute atomic E-state index is 13.8. The zero-order valence-electron chi connectivity index (χ0n) is 29.7. The minimum absolute atomic E-state index is 0.0158. The van der Waals surface area contributed by atoms with Gasteiger partial charge in [0.05, 0.1) is 19.0 Å². The molecule has 0 aliphatic heterocycles. The lowest BCUT2D eigenvalue weighted by Gasteiger charge is -2.27. The molecule has 0 fully saturated rings. The molecular weight excluding hydrogens is 634 g/mol. The second kappa shape index (κ2) is 24.0. The van der Waals surface area contributed by atoms with E-state index in [0.717, 1.165) is 6.42 Å². The number of aliphatic imine (C=N–C) groups is 1. The molecule has 12 N–H and O–H groups in total. The number of esters is 1. The third-order valence-electron chi connectivity index (χ3n) is 7.46. The Bertz CT molecular complexity index is 1170. The molecule has 17 nitrogen and oxygen atoms in total. The number of unbranched alkanes of at least 4 members (excludes halogenated alkanes) is 1. The predicted octanol–water partition coefficient (Wildman–Crippen LogP) is -0.929. The highest BCUT2D eigenvalue weighted by molar-refractivity contribution is 5.95. The molecule has 0 aromatic carbocycles. The third-order valence-corrected chi connectivity index (χ3v) is 7.46. The number of carbonyl (C=O) groups is 5. The van der Waals surface area contributed by atoms with Gasteiger partial charge in [0.15, 0.2) is 5.96 Å². The molecule has 0 saturated heterocycles. The summed E-state index contributed by atoms with van der Waals surface area (Å²) < 4.78 is 5.16. The van der Waals surface area contributed by atoms with Crippen molar-refractivity contribution >= 4 is 35.6 Å². The second-order valence-corrected chi connectivity index (χ2v) is 12.3. The number of hydrogen-bond donors (Lipinski definition) is 9. The summed E-state index contributed by atoms with van der Waals surface area (Å²) in [6, 6.07) is -4.64. The maximum atomic E-state index is 13.8. The predicted molar refractivity (Wildman–Crippen MR) is 187 cm³/mol. The van der Waals surface area contributed by atoms with E-state index in [0.29, 0.717) is 44.5 Å². The Morgan fingerprint density at radius 1 is 0.857 bits per heavy atom. The summed E-state index contributed by atoms with van der Waals surface area (Å²) in [5.74, 6) is -2.85. The number of imidazole rings is 1. The number of hydrogen-bond acceptors (Lipinski definition) is 10. The van der Waals surface area contributed by atoms with Gasteiger partial charge in [0.2, 0.25) is 23.6 Å². The molecule has 4 amide bonds.